The van der Waals surface area contributed by atoms with E-state index in [9.17, 15) is 14.7 Å². The number of hydrogen-bond acceptors (Lipinski definition) is 6. The maximum atomic E-state index is 12.2. The number of rotatable bonds is 11. The molecule has 8 heteroatoms. The second kappa shape index (κ2) is 11.2. The van der Waals surface area contributed by atoms with Crippen molar-refractivity contribution >= 4 is 11.8 Å². The summed E-state index contributed by atoms with van der Waals surface area (Å²) in [7, 11) is 0. The van der Waals surface area contributed by atoms with Gasteiger partial charge in [0, 0.05) is 0 Å². The third kappa shape index (κ3) is 8.97. The van der Waals surface area contributed by atoms with Gasteiger partial charge < -0.3 is 27.0 Å². The van der Waals surface area contributed by atoms with E-state index in [0.717, 1.165) is 18.4 Å². The van der Waals surface area contributed by atoms with Crippen LogP contribution in [0.15, 0.2) is 11.6 Å². The molecule has 144 valence electrons. The van der Waals surface area contributed by atoms with Crippen molar-refractivity contribution in [3.05, 3.63) is 11.6 Å². The van der Waals surface area contributed by atoms with Gasteiger partial charge in [-0.2, -0.15) is 0 Å². The van der Waals surface area contributed by atoms with E-state index in [4.69, 9.17) is 16.6 Å². The average molecular weight is 356 g/mol. The predicted molar refractivity (Wildman–Crippen MR) is 95.2 cm³/mol. The number of nitrogens with one attached hydrogen (secondary N) is 2. The molecule has 0 aromatic rings. The van der Waals surface area contributed by atoms with Crippen molar-refractivity contribution in [1.82, 2.24) is 10.6 Å². The number of unbranched alkanes of at least 4 members (excludes halogenated alkanes) is 1. The molecule has 1 aliphatic carbocycles. The molecule has 0 fully saturated rings. The zero-order chi connectivity index (χ0) is 18.8. The minimum atomic E-state index is -0.781. The highest BCUT2D eigenvalue weighted by Gasteiger charge is 2.24. The molecule has 8 nitrogen and oxygen atoms in total. The van der Waals surface area contributed by atoms with Crippen LogP contribution in [0.4, 0.5) is 0 Å². The van der Waals surface area contributed by atoms with Crippen LogP contribution in [0.1, 0.15) is 51.9 Å². The Morgan fingerprint density at radius 2 is 2.12 bits per heavy atom. The third-order valence-corrected chi connectivity index (χ3v) is 4.32. The standard InChI is InChI=1S/C17H32N4O4/c1-11(22)20-9-3-2-4-14(18)17(25)21-15(16(19)24)10-12-5-7-13(23)8-6-12/h5,11,13-15,20,22-23H,2-4,6-10,18H2,1H3,(H2,19,24)(H,21,25)/t11-,13-,14?,15-/m0/s1. The van der Waals surface area contributed by atoms with Crippen LogP contribution in [-0.2, 0) is 9.59 Å². The van der Waals surface area contributed by atoms with Crippen molar-refractivity contribution in [2.75, 3.05) is 6.54 Å². The summed E-state index contributed by atoms with van der Waals surface area (Å²) >= 11 is 0. The molecule has 8 N–H and O–H groups in total. The van der Waals surface area contributed by atoms with Crippen molar-refractivity contribution in [3.8, 4) is 0 Å². The van der Waals surface area contributed by atoms with Crippen LogP contribution in [0, 0.1) is 0 Å². The summed E-state index contributed by atoms with van der Waals surface area (Å²) in [5.74, 6) is -0.975. The number of nitrogens with two attached hydrogens (primary N) is 2. The third-order valence-electron chi connectivity index (χ3n) is 4.32. The molecule has 25 heavy (non-hydrogen) atoms. The normalized spacial score (nSPS) is 21.1. The predicted octanol–water partition coefficient (Wildman–Crippen LogP) is -0.757. The molecule has 0 saturated carbocycles. The van der Waals surface area contributed by atoms with Gasteiger partial charge in [0.25, 0.3) is 0 Å². The minimum Gasteiger partial charge on any atom is -0.393 e. The Bertz CT molecular complexity index is 468. The maximum absolute atomic E-state index is 12.2. The molecule has 0 spiro atoms. The van der Waals surface area contributed by atoms with Crippen LogP contribution in [0.2, 0.25) is 0 Å². The first kappa shape index (κ1) is 21.6. The molecule has 1 rings (SSSR count). The molecular weight excluding hydrogens is 324 g/mol. The topological polar surface area (TPSA) is 151 Å². The Kier molecular flexibility index (Phi) is 9.66. The number of hydrogen-bond donors (Lipinski definition) is 6. The van der Waals surface area contributed by atoms with Gasteiger partial charge in [-0.15, -0.1) is 0 Å². The Hall–Kier alpha value is -1.48. The van der Waals surface area contributed by atoms with E-state index in [1.54, 1.807) is 6.92 Å². The van der Waals surface area contributed by atoms with Gasteiger partial charge in [-0.3, -0.25) is 14.9 Å². The molecule has 2 amide bonds. The summed E-state index contributed by atoms with van der Waals surface area (Å²) in [4.78, 5) is 23.8. The highest BCUT2D eigenvalue weighted by Crippen LogP contribution is 2.22. The lowest BCUT2D eigenvalue weighted by atomic mass is 9.92. The Labute approximate surface area is 149 Å². The summed E-state index contributed by atoms with van der Waals surface area (Å²) in [6.45, 7) is 2.29. The van der Waals surface area contributed by atoms with Gasteiger partial charge in [0.1, 0.15) is 12.3 Å². The Balaban J connectivity index is 2.38. The molecule has 0 saturated heterocycles. The molecule has 0 aliphatic heterocycles. The number of aliphatic hydroxyl groups is 2. The zero-order valence-electron chi connectivity index (χ0n) is 14.9. The van der Waals surface area contributed by atoms with Gasteiger partial charge in [0.2, 0.25) is 11.8 Å². The fraction of sp³-hybridized carbons (Fsp3) is 0.765. The second-order valence-electron chi connectivity index (χ2n) is 6.69. The first-order chi connectivity index (χ1) is 11.8. The molecule has 1 unspecified atom stereocenters. The summed E-state index contributed by atoms with van der Waals surface area (Å²) < 4.78 is 0. The maximum Gasteiger partial charge on any atom is 0.240 e. The number of aliphatic hydroxyl groups excluding tert-OH is 2. The lowest BCUT2D eigenvalue weighted by molar-refractivity contribution is -0.128. The fourth-order valence-corrected chi connectivity index (χ4v) is 2.76. The largest absolute Gasteiger partial charge is 0.393 e. The molecule has 0 heterocycles. The van der Waals surface area contributed by atoms with Crippen molar-refractivity contribution in [2.24, 2.45) is 11.5 Å². The van der Waals surface area contributed by atoms with Gasteiger partial charge in [-0.25, -0.2) is 0 Å². The molecular formula is C17H32N4O4. The molecule has 0 bridgehead atoms. The van der Waals surface area contributed by atoms with E-state index in [1.165, 1.54) is 0 Å². The van der Waals surface area contributed by atoms with Crippen LogP contribution < -0.4 is 22.1 Å². The number of carbonyl (C=O) groups is 2. The zero-order valence-corrected chi connectivity index (χ0v) is 14.9. The quantitative estimate of drug-likeness (QED) is 0.163. The van der Waals surface area contributed by atoms with Gasteiger partial charge in [-0.05, 0) is 52.0 Å². The van der Waals surface area contributed by atoms with E-state index < -0.39 is 24.2 Å². The molecule has 0 radical (unpaired) electrons. The van der Waals surface area contributed by atoms with Gasteiger partial charge in [-0.1, -0.05) is 18.1 Å². The number of carbonyl (C=O) groups excluding carboxylic acids is 2. The second-order valence-corrected chi connectivity index (χ2v) is 6.69. The van der Waals surface area contributed by atoms with Crippen LogP contribution in [0.25, 0.3) is 0 Å². The average Bonchev–Trinajstić information content (AvgIpc) is 2.55. The molecule has 0 aromatic carbocycles. The van der Waals surface area contributed by atoms with Crippen molar-refractivity contribution in [3.63, 3.8) is 0 Å². The summed E-state index contributed by atoms with van der Waals surface area (Å²) in [6.07, 6.45) is 5.32. The lowest BCUT2D eigenvalue weighted by Crippen LogP contribution is -2.50. The Morgan fingerprint density at radius 1 is 1.40 bits per heavy atom. The van der Waals surface area contributed by atoms with E-state index in [2.05, 4.69) is 10.6 Å². The smallest absolute Gasteiger partial charge is 0.240 e. The Morgan fingerprint density at radius 3 is 2.68 bits per heavy atom. The van der Waals surface area contributed by atoms with Crippen molar-refractivity contribution in [2.45, 2.75) is 76.3 Å². The van der Waals surface area contributed by atoms with E-state index in [-0.39, 0.29) is 12.0 Å². The van der Waals surface area contributed by atoms with Crippen LogP contribution in [0.3, 0.4) is 0 Å². The van der Waals surface area contributed by atoms with Crippen molar-refractivity contribution < 1.29 is 19.8 Å². The molecule has 4 atom stereocenters. The first-order valence-corrected chi connectivity index (χ1v) is 8.92. The van der Waals surface area contributed by atoms with E-state index >= 15 is 0 Å². The number of primary amides is 1. The highest BCUT2D eigenvalue weighted by atomic mass is 16.3. The van der Waals surface area contributed by atoms with Crippen LogP contribution in [-0.4, -0.2) is 53.0 Å². The minimum absolute atomic E-state index is 0.331. The monoisotopic (exact) mass is 356 g/mol. The molecule has 0 aromatic heterocycles. The van der Waals surface area contributed by atoms with E-state index in [0.29, 0.717) is 38.6 Å². The van der Waals surface area contributed by atoms with E-state index in [1.807, 2.05) is 6.08 Å². The molecule has 1 aliphatic rings. The van der Waals surface area contributed by atoms with Crippen LogP contribution >= 0.6 is 0 Å². The lowest BCUT2D eigenvalue weighted by Gasteiger charge is -2.23. The SMILES string of the molecule is C[C@H](O)NCCCCC(N)C(=O)N[C@@H](CC1=CC[C@H](O)CC1)C(N)=O. The van der Waals surface area contributed by atoms with Gasteiger partial charge in [0.05, 0.1) is 12.1 Å². The van der Waals surface area contributed by atoms with Crippen LogP contribution in [0.5, 0.6) is 0 Å². The summed E-state index contributed by atoms with van der Waals surface area (Å²) in [5.41, 5.74) is 12.3. The highest BCUT2D eigenvalue weighted by molar-refractivity contribution is 5.89. The summed E-state index contributed by atoms with van der Waals surface area (Å²) in [5, 5.41) is 24.1. The number of amides is 2. The fourth-order valence-electron chi connectivity index (χ4n) is 2.76. The first-order valence-electron chi connectivity index (χ1n) is 8.92. The van der Waals surface area contributed by atoms with Gasteiger partial charge in [0.15, 0.2) is 0 Å². The summed E-state index contributed by atoms with van der Waals surface area (Å²) in [6, 6.07) is -1.48. The van der Waals surface area contributed by atoms with Gasteiger partial charge >= 0.3 is 0 Å². The van der Waals surface area contributed by atoms with Crippen molar-refractivity contribution in [1.29, 1.82) is 0 Å².